The van der Waals surface area contributed by atoms with Gasteiger partial charge in [0.1, 0.15) is 7.05 Å². The average Bonchev–Trinajstić information content (AvgIpc) is 2.56. The van der Waals surface area contributed by atoms with E-state index in [1.807, 2.05) is 36.4 Å². The van der Waals surface area contributed by atoms with Crippen LogP contribution in [0.15, 0.2) is 66.4 Å². The smallest absolute Gasteiger partial charge is 0.407 e. The second-order valence-corrected chi connectivity index (χ2v) is 4.71. The van der Waals surface area contributed by atoms with Crippen LogP contribution >= 0.6 is 0 Å². The average molecular weight is 296 g/mol. The van der Waals surface area contributed by atoms with Gasteiger partial charge in [-0.1, -0.05) is 48.5 Å². The fourth-order valence-corrected chi connectivity index (χ4v) is 2.06. The summed E-state index contributed by atoms with van der Waals surface area (Å²) in [5, 5.41) is 10.4. The Hall–Kier alpha value is -2.88. The van der Waals surface area contributed by atoms with Crippen LogP contribution in [-0.2, 0) is 9.53 Å². The van der Waals surface area contributed by atoms with Crippen LogP contribution in [0.5, 0.6) is 0 Å². The number of esters is 1. The maximum Gasteiger partial charge on any atom is 0.407 e. The lowest BCUT2D eigenvalue weighted by molar-refractivity contribution is -0.434. The first-order valence-electron chi connectivity index (χ1n) is 6.83. The first kappa shape index (κ1) is 15.5. The topological polar surface area (TPSA) is 49.5 Å². The third-order valence-electron chi connectivity index (χ3n) is 3.15. The summed E-state index contributed by atoms with van der Waals surface area (Å²) < 4.78 is 6.35. The van der Waals surface area contributed by atoms with E-state index >= 15 is 0 Å². The molecule has 0 radical (unpaired) electrons. The Kier molecular flexibility index (Phi) is 5.09. The molecule has 4 heteroatoms. The number of hydrogen-bond acceptors (Lipinski definition) is 3. The zero-order chi connectivity index (χ0) is 15.9. The molecular formula is C18H18NO3+. The third kappa shape index (κ3) is 3.61. The van der Waals surface area contributed by atoms with E-state index in [0.29, 0.717) is 5.56 Å². The van der Waals surface area contributed by atoms with Crippen LogP contribution in [0.25, 0.3) is 5.76 Å². The molecule has 0 aliphatic heterocycles. The molecule has 112 valence electrons. The van der Waals surface area contributed by atoms with E-state index in [0.717, 1.165) is 5.56 Å². The van der Waals surface area contributed by atoms with Crippen LogP contribution in [0, 0.1) is 0 Å². The monoisotopic (exact) mass is 296 g/mol. The highest BCUT2D eigenvalue weighted by Gasteiger charge is 2.27. The van der Waals surface area contributed by atoms with Gasteiger partial charge in [-0.15, -0.1) is 0 Å². The van der Waals surface area contributed by atoms with Crippen LogP contribution in [0.2, 0.25) is 0 Å². The van der Waals surface area contributed by atoms with E-state index in [4.69, 9.17) is 4.74 Å². The van der Waals surface area contributed by atoms with Crippen molar-refractivity contribution < 1.29 is 19.2 Å². The van der Waals surface area contributed by atoms with Crippen molar-refractivity contribution in [3.63, 3.8) is 0 Å². The van der Waals surface area contributed by atoms with E-state index in [9.17, 15) is 9.90 Å². The van der Waals surface area contributed by atoms with Crippen molar-refractivity contribution in [2.24, 2.45) is 0 Å². The highest BCUT2D eigenvalue weighted by atomic mass is 16.5. The van der Waals surface area contributed by atoms with Crippen molar-refractivity contribution in [1.29, 1.82) is 0 Å². The van der Waals surface area contributed by atoms with Gasteiger partial charge in [0, 0.05) is 11.1 Å². The van der Waals surface area contributed by atoms with E-state index in [1.165, 1.54) is 7.11 Å². The first-order valence-corrected chi connectivity index (χ1v) is 6.83. The Morgan fingerprint density at radius 3 is 2.14 bits per heavy atom. The largest absolute Gasteiger partial charge is 0.502 e. The van der Waals surface area contributed by atoms with Crippen molar-refractivity contribution in [3.8, 4) is 0 Å². The van der Waals surface area contributed by atoms with Gasteiger partial charge in [-0.2, -0.15) is 4.58 Å². The number of methoxy groups -OCH3 is 1. The minimum atomic E-state index is -0.601. The Bertz CT molecular complexity index is 704. The Morgan fingerprint density at radius 1 is 1.05 bits per heavy atom. The molecule has 0 aliphatic carbocycles. The molecule has 0 aromatic heterocycles. The number of likely N-dealkylation sites (N-methyl/N-ethyl adjacent to an activating group) is 1. The van der Waals surface area contributed by atoms with Crippen LogP contribution < -0.4 is 0 Å². The second-order valence-electron chi connectivity index (χ2n) is 4.71. The van der Waals surface area contributed by atoms with Gasteiger partial charge in [0.25, 0.3) is 0 Å². The van der Waals surface area contributed by atoms with Gasteiger partial charge in [-0.25, -0.2) is 4.79 Å². The minimum absolute atomic E-state index is 0.0811. The molecule has 0 amide bonds. The summed E-state index contributed by atoms with van der Waals surface area (Å²) >= 11 is 0. The number of rotatable bonds is 4. The van der Waals surface area contributed by atoms with Gasteiger partial charge in [-0.3, -0.25) is 0 Å². The molecule has 0 saturated carbocycles. The summed E-state index contributed by atoms with van der Waals surface area (Å²) in [5.41, 5.74) is 1.54. The van der Waals surface area contributed by atoms with Crippen LogP contribution in [0.1, 0.15) is 11.1 Å². The highest BCUT2D eigenvalue weighted by molar-refractivity contribution is 5.94. The Morgan fingerprint density at radius 2 is 1.59 bits per heavy atom. The van der Waals surface area contributed by atoms with Gasteiger partial charge in [0.05, 0.1) is 7.11 Å². The zero-order valence-corrected chi connectivity index (χ0v) is 12.6. The fraction of sp³-hybridized carbons (Fsp3) is 0.111. The predicted octanol–water partition coefficient (Wildman–Crippen LogP) is 2.85. The molecule has 0 unspecified atom stereocenters. The molecule has 0 spiro atoms. The normalized spacial score (nSPS) is 12.5. The Labute approximate surface area is 129 Å². The minimum Gasteiger partial charge on any atom is -0.502 e. The van der Waals surface area contributed by atoms with E-state index < -0.39 is 5.97 Å². The first-order chi connectivity index (χ1) is 10.6. The Balaban J connectivity index is 2.52. The quantitative estimate of drug-likeness (QED) is 0.310. The molecule has 1 N–H and O–H groups in total. The van der Waals surface area contributed by atoms with E-state index in [1.54, 1.807) is 42.1 Å². The maximum absolute atomic E-state index is 12.1. The second kappa shape index (κ2) is 7.22. The lowest BCUT2D eigenvalue weighted by atomic mass is 10.1. The van der Waals surface area contributed by atoms with Gasteiger partial charge in [-0.05, 0) is 12.1 Å². The summed E-state index contributed by atoms with van der Waals surface area (Å²) in [6, 6.07) is 18.4. The number of nitrogens with zero attached hydrogens (tertiary/aromatic N) is 1. The van der Waals surface area contributed by atoms with Crippen molar-refractivity contribution in [2.75, 3.05) is 14.2 Å². The molecule has 0 bridgehead atoms. The van der Waals surface area contributed by atoms with Crippen molar-refractivity contribution in [2.45, 2.75) is 0 Å². The fourth-order valence-electron chi connectivity index (χ4n) is 2.06. The molecule has 0 heterocycles. The van der Waals surface area contributed by atoms with Gasteiger partial charge < -0.3 is 9.84 Å². The number of ether oxygens (including phenoxy) is 1. The number of aliphatic hydroxyl groups is 1. The number of hydrogen-bond donors (Lipinski definition) is 1. The van der Waals surface area contributed by atoms with Crippen LogP contribution in [0.3, 0.4) is 0 Å². The SMILES string of the molecule is COC(=O)/C(=C(/O)c1ccccc1)[N+](C)=Cc1ccccc1. The van der Waals surface area contributed by atoms with Crippen molar-refractivity contribution in [1.82, 2.24) is 0 Å². The predicted molar refractivity (Wildman–Crippen MR) is 85.8 cm³/mol. The molecule has 2 rings (SSSR count). The molecule has 4 nitrogen and oxygen atoms in total. The van der Waals surface area contributed by atoms with Gasteiger partial charge in [0.15, 0.2) is 6.21 Å². The highest BCUT2D eigenvalue weighted by Crippen LogP contribution is 2.17. The zero-order valence-electron chi connectivity index (χ0n) is 12.6. The standard InChI is InChI=1S/C18H17NO3/c1-19(13-14-9-5-3-6-10-14)16(18(21)22-2)17(20)15-11-7-4-8-12-15/h3-13H,1-2H3/p+1. The third-order valence-corrected chi connectivity index (χ3v) is 3.15. The summed E-state index contributed by atoms with van der Waals surface area (Å²) in [4.78, 5) is 12.1. The lowest BCUT2D eigenvalue weighted by Gasteiger charge is -2.05. The summed E-state index contributed by atoms with van der Waals surface area (Å²) in [5.74, 6) is -0.724. The molecule has 2 aromatic carbocycles. The molecule has 2 aromatic rings. The number of carbonyl (C=O) groups is 1. The molecule has 0 saturated heterocycles. The summed E-state index contributed by atoms with van der Waals surface area (Å²) in [6.07, 6.45) is 1.76. The lowest BCUT2D eigenvalue weighted by Crippen LogP contribution is -2.19. The molecule has 0 atom stereocenters. The van der Waals surface area contributed by atoms with Crippen molar-refractivity contribution in [3.05, 3.63) is 77.5 Å². The molecule has 0 fully saturated rings. The summed E-state index contributed by atoms with van der Waals surface area (Å²) in [7, 11) is 2.98. The van der Waals surface area contributed by atoms with Crippen LogP contribution in [0.4, 0.5) is 0 Å². The molecule has 22 heavy (non-hydrogen) atoms. The maximum atomic E-state index is 12.1. The van der Waals surface area contributed by atoms with E-state index in [-0.39, 0.29) is 11.5 Å². The number of aliphatic hydroxyl groups excluding tert-OH is 1. The molecule has 0 aliphatic rings. The van der Waals surface area contributed by atoms with E-state index in [2.05, 4.69) is 0 Å². The van der Waals surface area contributed by atoms with Gasteiger partial charge in [0.2, 0.25) is 5.76 Å². The number of carbonyl (C=O) groups excluding carboxylic acids is 1. The summed E-state index contributed by atoms with van der Waals surface area (Å²) in [6.45, 7) is 0. The van der Waals surface area contributed by atoms with Gasteiger partial charge >= 0.3 is 11.7 Å². The number of benzene rings is 2. The van der Waals surface area contributed by atoms with Crippen LogP contribution in [-0.4, -0.2) is 36.0 Å². The van der Waals surface area contributed by atoms with Crippen molar-refractivity contribution >= 4 is 17.9 Å². The molecular weight excluding hydrogens is 278 g/mol.